The van der Waals surface area contributed by atoms with E-state index in [9.17, 15) is 8.42 Å². The standard InChI is InChI=1S/C26H31ClFN3O5S2/c1-30(2)21-7-5-6-8-22(21)36-24-15-20(28)25(14-19(24)27)38(32,33)31(26-29-11-12-37-26)16-17-9-10-18(34-3)13-23(17)35-4/h9-15,21-22H,5-8,16H2,1-4H3/t21-,22-/m1/s1. The molecule has 2 atom stereocenters. The van der Waals surface area contributed by atoms with Crippen molar-refractivity contribution < 1.29 is 27.0 Å². The Balaban J connectivity index is 1.69. The summed E-state index contributed by atoms with van der Waals surface area (Å²) in [5.74, 6) is 0.146. The highest BCUT2D eigenvalue weighted by atomic mass is 35.5. The van der Waals surface area contributed by atoms with Gasteiger partial charge in [0.2, 0.25) is 0 Å². The summed E-state index contributed by atoms with van der Waals surface area (Å²) in [6, 6.07) is 7.37. The first-order valence-electron chi connectivity index (χ1n) is 12.1. The van der Waals surface area contributed by atoms with E-state index in [0.29, 0.717) is 17.1 Å². The van der Waals surface area contributed by atoms with E-state index in [1.165, 1.54) is 20.4 Å². The van der Waals surface area contributed by atoms with E-state index in [1.54, 1.807) is 23.6 Å². The number of likely N-dealkylation sites (N-methyl/N-ethyl adjacent to an activating group) is 1. The lowest BCUT2D eigenvalue weighted by atomic mass is 9.91. The number of hydrogen-bond acceptors (Lipinski definition) is 8. The number of methoxy groups -OCH3 is 2. The van der Waals surface area contributed by atoms with Crippen LogP contribution in [0.4, 0.5) is 9.52 Å². The van der Waals surface area contributed by atoms with Crippen LogP contribution in [-0.4, -0.2) is 58.8 Å². The van der Waals surface area contributed by atoms with Gasteiger partial charge < -0.3 is 19.1 Å². The Labute approximate surface area is 232 Å². The molecule has 1 fully saturated rings. The first-order chi connectivity index (χ1) is 18.1. The van der Waals surface area contributed by atoms with Gasteiger partial charge in [0.1, 0.15) is 34.1 Å². The zero-order valence-corrected chi connectivity index (χ0v) is 24.1. The van der Waals surface area contributed by atoms with Crippen molar-refractivity contribution in [2.24, 2.45) is 0 Å². The van der Waals surface area contributed by atoms with Crippen molar-refractivity contribution >= 4 is 38.1 Å². The lowest BCUT2D eigenvalue weighted by Crippen LogP contribution is -2.44. The number of nitrogens with zero attached hydrogens (tertiary/aromatic N) is 3. The largest absolute Gasteiger partial charge is 0.497 e. The summed E-state index contributed by atoms with van der Waals surface area (Å²) < 4.78 is 61.1. The lowest BCUT2D eigenvalue weighted by Gasteiger charge is -2.36. The SMILES string of the molecule is COc1ccc(CN(c2nccs2)S(=O)(=O)c2cc(Cl)c(O[C@@H]3CCCC[C@H]3N(C)C)cc2F)c(OC)c1. The quantitative estimate of drug-likeness (QED) is 0.307. The third kappa shape index (κ3) is 6.01. The summed E-state index contributed by atoms with van der Waals surface area (Å²) in [4.78, 5) is 5.71. The molecular weight excluding hydrogens is 553 g/mol. The number of ether oxygens (including phenoxy) is 3. The molecule has 0 amide bonds. The van der Waals surface area contributed by atoms with Gasteiger partial charge in [-0.1, -0.05) is 18.0 Å². The average molecular weight is 584 g/mol. The fourth-order valence-corrected chi connectivity index (χ4v) is 7.23. The number of benzene rings is 2. The molecule has 12 heteroatoms. The van der Waals surface area contributed by atoms with Crippen LogP contribution in [0.15, 0.2) is 46.8 Å². The Kier molecular flexibility index (Phi) is 9.02. The molecule has 206 valence electrons. The average Bonchev–Trinajstić information content (AvgIpc) is 3.43. The van der Waals surface area contributed by atoms with Crippen molar-refractivity contribution in [3.05, 3.63) is 58.3 Å². The Morgan fingerprint density at radius 3 is 2.53 bits per heavy atom. The second-order valence-corrected chi connectivity index (χ2v) is 12.3. The van der Waals surface area contributed by atoms with Crippen LogP contribution in [0.2, 0.25) is 5.02 Å². The summed E-state index contributed by atoms with van der Waals surface area (Å²) >= 11 is 7.61. The zero-order valence-electron chi connectivity index (χ0n) is 21.7. The molecule has 3 aromatic rings. The maximum atomic E-state index is 15.5. The van der Waals surface area contributed by atoms with E-state index in [0.717, 1.165) is 53.5 Å². The van der Waals surface area contributed by atoms with Gasteiger partial charge in [-0.25, -0.2) is 22.1 Å². The van der Waals surface area contributed by atoms with Crippen molar-refractivity contribution in [1.29, 1.82) is 0 Å². The monoisotopic (exact) mass is 583 g/mol. The van der Waals surface area contributed by atoms with Gasteiger partial charge in [-0.2, -0.15) is 0 Å². The molecule has 0 N–H and O–H groups in total. The van der Waals surface area contributed by atoms with Gasteiger partial charge in [0.25, 0.3) is 10.0 Å². The summed E-state index contributed by atoms with van der Waals surface area (Å²) in [7, 11) is 2.55. The van der Waals surface area contributed by atoms with Gasteiger partial charge in [-0.05, 0) is 51.6 Å². The smallest absolute Gasteiger partial charge is 0.269 e. The van der Waals surface area contributed by atoms with Crippen LogP contribution in [0, 0.1) is 5.82 Å². The Bertz CT molecular complexity index is 1360. The first-order valence-corrected chi connectivity index (χ1v) is 14.8. The molecule has 0 aliphatic heterocycles. The normalized spacial score (nSPS) is 17.9. The van der Waals surface area contributed by atoms with Gasteiger partial charge in [0.05, 0.1) is 25.8 Å². The highest BCUT2D eigenvalue weighted by molar-refractivity contribution is 7.93. The minimum atomic E-state index is -4.42. The molecular formula is C26H31ClFN3O5S2. The van der Waals surface area contributed by atoms with Gasteiger partial charge in [-0.3, -0.25) is 0 Å². The van der Waals surface area contributed by atoms with Gasteiger partial charge >= 0.3 is 0 Å². The predicted molar refractivity (Wildman–Crippen MR) is 147 cm³/mol. The minimum absolute atomic E-state index is 0.0224. The second-order valence-electron chi connectivity index (χ2n) is 9.19. The van der Waals surface area contributed by atoms with E-state index in [4.69, 9.17) is 25.8 Å². The van der Waals surface area contributed by atoms with E-state index in [1.807, 2.05) is 14.1 Å². The van der Waals surface area contributed by atoms with Gasteiger partial charge in [-0.15, -0.1) is 11.3 Å². The third-order valence-electron chi connectivity index (χ3n) is 6.60. The first kappa shape index (κ1) is 28.4. The summed E-state index contributed by atoms with van der Waals surface area (Å²) in [5.41, 5.74) is 0.547. The zero-order chi connectivity index (χ0) is 27.4. The maximum absolute atomic E-state index is 15.5. The maximum Gasteiger partial charge on any atom is 0.269 e. The molecule has 4 rings (SSSR count). The van der Waals surface area contributed by atoms with Crippen LogP contribution < -0.4 is 18.5 Å². The molecule has 8 nitrogen and oxygen atoms in total. The lowest BCUT2D eigenvalue weighted by molar-refractivity contribution is 0.0620. The Morgan fingerprint density at radius 1 is 1.11 bits per heavy atom. The molecule has 1 saturated carbocycles. The Morgan fingerprint density at radius 2 is 1.87 bits per heavy atom. The molecule has 0 radical (unpaired) electrons. The van der Waals surface area contributed by atoms with Gasteiger partial charge in [0.15, 0.2) is 5.13 Å². The Hall–Kier alpha value is -2.60. The molecule has 1 heterocycles. The van der Waals surface area contributed by atoms with Crippen LogP contribution in [-0.2, 0) is 16.6 Å². The molecule has 0 unspecified atom stereocenters. The molecule has 1 aliphatic carbocycles. The van der Waals surface area contributed by atoms with E-state index >= 15 is 4.39 Å². The summed E-state index contributed by atoms with van der Waals surface area (Å²) in [5, 5.41) is 1.85. The minimum Gasteiger partial charge on any atom is -0.497 e. The van der Waals surface area contributed by atoms with E-state index in [-0.39, 0.29) is 34.6 Å². The molecule has 0 saturated heterocycles. The van der Waals surface area contributed by atoms with Crippen LogP contribution in [0.1, 0.15) is 31.2 Å². The third-order valence-corrected chi connectivity index (χ3v) is 9.56. The number of halogens is 2. The van der Waals surface area contributed by atoms with Crippen molar-refractivity contribution in [1.82, 2.24) is 9.88 Å². The van der Waals surface area contributed by atoms with Crippen molar-refractivity contribution in [3.63, 3.8) is 0 Å². The van der Waals surface area contributed by atoms with E-state index in [2.05, 4.69) is 9.88 Å². The summed E-state index contributed by atoms with van der Waals surface area (Å²) in [6.45, 7) is -0.148. The highest BCUT2D eigenvalue weighted by Gasteiger charge is 2.33. The predicted octanol–water partition coefficient (Wildman–Crippen LogP) is 5.60. The number of sulfonamides is 1. The second kappa shape index (κ2) is 12.1. The van der Waals surface area contributed by atoms with Crippen molar-refractivity contribution in [3.8, 4) is 17.2 Å². The van der Waals surface area contributed by atoms with Crippen molar-refractivity contribution in [2.45, 2.75) is 49.3 Å². The number of aromatic nitrogens is 1. The fraction of sp³-hybridized carbons (Fsp3) is 0.423. The number of hydrogen-bond donors (Lipinski definition) is 0. The number of anilines is 1. The van der Waals surface area contributed by atoms with Crippen LogP contribution in [0.25, 0.3) is 0 Å². The number of thiazole rings is 1. The van der Waals surface area contributed by atoms with Crippen LogP contribution in [0.3, 0.4) is 0 Å². The fourth-order valence-electron chi connectivity index (χ4n) is 4.62. The molecule has 2 aromatic carbocycles. The van der Waals surface area contributed by atoms with Gasteiger partial charge in [0, 0.05) is 35.3 Å². The van der Waals surface area contributed by atoms with Crippen molar-refractivity contribution in [2.75, 3.05) is 32.6 Å². The van der Waals surface area contributed by atoms with E-state index < -0.39 is 20.7 Å². The molecule has 0 spiro atoms. The molecule has 38 heavy (non-hydrogen) atoms. The summed E-state index contributed by atoms with van der Waals surface area (Å²) in [6.07, 6.45) is 5.17. The highest BCUT2D eigenvalue weighted by Crippen LogP contribution is 2.37. The van der Waals surface area contributed by atoms with Crippen LogP contribution in [0.5, 0.6) is 17.2 Å². The topological polar surface area (TPSA) is 81.2 Å². The van der Waals surface area contributed by atoms with Crippen LogP contribution >= 0.6 is 22.9 Å². The molecule has 0 bridgehead atoms. The molecule has 1 aromatic heterocycles. The number of rotatable bonds is 10. The molecule has 1 aliphatic rings.